The van der Waals surface area contributed by atoms with Gasteiger partial charge in [0, 0.05) is 15.0 Å². The molecule has 0 saturated heterocycles. The Morgan fingerprint density at radius 2 is 1.68 bits per heavy atom. The number of methoxy groups -OCH3 is 3. The van der Waals surface area contributed by atoms with Crippen molar-refractivity contribution in [1.82, 2.24) is 9.97 Å². The molecule has 0 aliphatic heterocycles. The van der Waals surface area contributed by atoms with Crippen molar-refractivity contribution in [1.29, 1.82) is 0 Å². The summed E-state index contributed by atoms with van der Waals surface area (Å²) in [5.74, 6) is -1.55. The number of aromatic carboxylic acids is 1. The molecule has 146 valence electrons. The zero-order valence-corrected chi connectivity index (χ0v) is 16.2. The molecule has 3 rings (SSSR count). The third kappa shape index (κ3) is 3.41. The number of carboxylic acid groups (broad SMARTS) is 1. The summed E-state index contributed by atoms with van der Waals surface area (Å²) in [7, 11) is 4.07. The monoisotopic (exact) mass is 404 g/mol. The van der Waals surface area contributed by atoms with Crippen LogP contribution in [0.2, 0.25) is 0 Å². The van der Waals surface area contributed by atoms with Crippen molar-refractivity contribution in [3.63, 3.8) is 0 Å². The Balaban J connectivity index is 2.21. The summed E-state index contributed by atoms with van der Waals surface area (Å²) < 4.78 is 21.2. The van der Waals surface area contributed by atoms with Crippen LogP contribution in [0.1, 0.15) is 25.6 Å². The van der Waals surface area contributed by atoms with Crippen LogP contribution in [0, 0.1) is 6.92 Å². The lowest BCUT2D eigenvalue weighted by molar-refractivity contribution is 0.0602. The number of hydrogen-bond donors (Lipinski definition) is 1. The average molecular weight is 404 g/mol. The number of aromatic nitrogens is 2. The van der Waals surface area contributed by atoms with E-state index < -0.39 is 11.9 Å². The van der Waals surface area contributed by atoms with E-state index in [-0.39, 0.29) is 40.0 Å². The van der Waals surface area contributed by atoms with Gasteiger partial charge in [0.05, 0.1) is 33.0 Å². The van der Waals surface area contributed by atoms with Crippen molar-refractivity contribution in [3.05, 3.63) is 34.2 Å². The van der Waals surface area contributed by atoms with E-state index in [2.05, 4.69) is 9.97 Å². The molecule has 1 aromatic carbocycles. The molecule has 0 fully saturated rings. The standard InChI is InChI=1S/C18H16N2O7S/c1-8-13(17(23)26-4)15-10(28-8)6-5-9(14(15)16(21)22)27-18-19-11(24-2)7-12(20-18)25-3/h5-7H,1-4H3,(H,21,22). The molecule has 2 aromatic heterocycles. The smallest absolute Gasteiger partial charge is 0.340 e. The summed E-state index contributed by atoms with van der Waals surface area (Å²) >= 11 is 1.29. The maximum absolute atomic E-state index is 12.2. The first-order valence-corrected chi connectivity index (χ1v) is 8.73. The van der Waals surface area contributed by atoms with Gasteiger partial charge in [-0.15, -0.1) is 11.3 Å². The molecule has 3 aromatic rings. The molecule has 0 aliphatic rings. The van der Waals surface area contributed by atoms with E-state index in [0.717, 1.165) is 0 Å². The Bertz CT molecular complexity index is 1060. The number of hydrogen-bond acceptors (Lipinski definition) is 9. The zero-order chi connectivity index (χ0) is 20.4. The van der Waals surface area contributed by atoms with Crippen LogP contribution < -0.4 is 14.2 Å². The first kappa shape index (κ1) is 19.4. The average Bonchev–Trinajstić information content (AvgIpc) is 3.02. The quantitative estimate of drug-likeness (QED) is 0.617. The van der Waals surface area contributed by atoms with E-state index in [0.29, 0.717) is 9.58 Å². The van der Waals surface area contributed by atoms with Gasteiger partial charge in [0.2, 0.25) is 11.8 Å². The van der Waals surface area contributed by atoms with Gasteiger partial charge in [0.25, 0.3) is 0 Å². The number of fused-ring (bicyclic) bond motifs is 1. The van der Waals surface area contributed by atoms with Gasteiger partial charge in [-0.2, -0.15) is 9.97 Å². The van der Waals surface area contributed by atoms with Crippen LogP contribution in [0.15, 0.2) is 18.2 Å². The van der Waals surface area contributed by atoms with Crippen molar-refractivity contribution in [3.8, 4) is 23.5 Å². The van der Waals surface area contributed by atoms with Crippen LogP contribution in [0.4, 0.5) is 0 Å². The number of benzene rings is 1. The summed E-state index contributed by atoms with van der Waals surface area (Å²) in [5, 5.41) is 10.1. The summed E-state index contributed by atoms with van der Waals surface area (Å²) in [6, 6.07) is 4.44. The minimum absolute atomic E-state index is 0.0294. The lowest BCUT2D eigenvalue weighted by Gasteiger charge is -2.11. The van der Waals surface area contributed by atoms with Crippen molar-refractivity contribution < 1.29 is 33.6 Å². The second kappa shape index (κ2) is 7.69. The van der Waals surface area contributed by atoms with Gasteiger partial charge < -0.3 is 24.1 Å². The van der Waals surface area contributed by atoms with Crippen molar-refractivity contribution in [2.45, 2.75) is 6.92 Å². The molecule has 0 unspecified atom stereocenters. The molecular formula is C18H16N2O7S. The van der Waals surface area contributed by atoms with Crippen LogP contribution in [-0.2, 0) is 4.74 Å². The Labute approximate surface area is 163 Å². The molecule has 1 N–H and O–H groups in total. The first-order valence-electron chi connectivity index (χ1n) is 7.92. The molecule has 9 nitrogen and oxygen atoms in total. The lowest BCUT2D eigenvalue weighted by atomic mass is 10.0. The van der Waals surface area contributed by atoms with E-state index in [1.54, 1.807) is 13.0 Å². The molecule has 0 spiro atoms. The number of aryl methyl sites for hydroxylation is 1. The molecule has 10 heteroatoms. The fraction of sp³-hybridized carbons (Fsp3) is 0.222. The number of thiophene rings is 1. The molecule has 0 bridgehead atoms. The Morgan fingerprint density at radius 3 is 2.21 bits per heavy atom. The molecule has 0 aliphatic carbocycles. The topological polar surface area (TPSA) is 117 Å². The number of rotatable bonds is 6. The fourth-order valence-electron chi connectivity index (χ4n) is 2.67. The van der Waals surface area contributed by atoms with Crippen molar-refractivity contribution in [2.24, 2.45) is 0 Å². The number of esters is 1. The number of ether oxygens (including phenoxy) is 4. The molecule has 2 heterocycles. The normalized spacial score (nSPS) is 10.6. The summed E-state index contributed by atoms with van der Waals surface area (Å²) in [5.41, 5.74) is 0.00197. The third-order valence-corrected chi connectivity index (χ3v) is 4.95. The van der Waals surface area contributed by atoms with E-state index in [9.17, 15) is 14.7 Å². The number of carbonyl (C=O) groups is 2. The Morgan fingerprint density at radius 1 is 1.04 bits per heavy atom. The maximum atomic E-state index is 12.2. The fourth-order valence-corrected chi connectivity index (χ4v) is 3.73. The summed E-state index contributed by atoms with van der Waals surface area (Å²) in [4.78, 5) is 33.0. The highest BCUT2D eigenvalue weighted by Crippen LogP contribution is 2.39. The van der Waals surface area contributed by atoms with E-state index in [1.165, 1.54) is 44.8 Å². The predicted molar refractivity (Wildman–Crippen MR) is 100 cm³/mol. The highest BCUT2D eigenvalue weighted by Gasteiger charge is 2.26. The van der Waals surface area contributed by atoms with Gasteiger partial charge in [-0.25, -0.2) is 9.59 Å². The van der Waals surface area contributed by atoms with Gasteiger partial charge in [-0.1, -0.05) is 0 Å². The minimum atomic E-state index is -1.27. The zero-order valence-electron chi connectivity index (χ0n) is 15.4. The molecule has 0 amide bonds. The number of nitrogens with zero attached hydrogens (tertiary/aromatic N) is 2. The summed E-state index contributed by atoms with van der Waals surface area (Å²) in [6.07, 6.45) is 0. The van der Waals surface area contributed by atoms with Crippen molar-refractivity contribution >= 4 is 33.4 Å². The van der Waals surface area contributed by atoms with Crippen LogP contribution in [0.5, 0.6) is 23.5 Å². The molecule has 0 radical (unpaired) electrons. The van der Waals surface area contributed by atoms with Crippen LogP contribution in [-0.4, -0.2) is 48.3 Å². The third-order valence-electron chi connectivity index (χ3n) is 3.88. The predicted octanol–water partition coefficient (Wildman–Crippen LogP) is 3.29. The summed E-state index contributed by atoms with van der Waals surface area (Å²) in [6.45, 7) is 1.72. The van der Waals surface area contributed by atoms with Crippen LogP contribution in [0.3, 0.4) is 0 Å². The van der Waals surface area contributed by atoms with E-state index >= 15 is 0 Å². The SMILES string of the molecule is COC(=O)c1c(C)sc2ccc(Oc3nc(OC)cc(OC)n3)c(C(=O)O)c12. The van der Waals surface area contributed by atoms with Gasteiger partial charge in [-0.3, -0.25) is 0 Å². The number of carboxylic acids is 1. The second-order valence-electron chi connectivity index (χ2n) is 5.48. The second-order valence-corrected chi connectivity index (χ2v) is 6.74. The first-order chi connectivity index (χ1) is 13.4. The van der Waals surface area contributed by atoms with Crippen LogP contribution >= 0.6 is 11.3 Å². The van der Waals surface area contributed by atoms with E-state index in [1.807, 2.05) is 0 Å². The molecular weight excluding hydrogens is 388 g/mol. The lowest BCUT2D eigenvalue weighted by Crippen LogP contribution is -2.07. The Hall–Kier alpha value is -3.40. The largest absolute Gasteiger partial charge is 0.481 e. The molecule has 0 saturated carbocycles. The van der Waals surface area contributed by atoms with Gasteiger partial charge >= 0.3 is 17.9 Å². The van der Waals surface area contributed by atoms with Gasteiger partial charge in [0.15, 0.2) is 0 Å². The molecule has 28 heavy (non-hydrogen) atoms. The minimum Gasteiger partial charge on any atom is -0.481 e. The maximum Gasteiger partial charge on any atom is 0.340 e. The molecule has 0 atom stereocenters. The highest BCUT2D eigenvalue weighted by atomic mass is 32.1. The highest BCUT2D eigenvalue weighted by molar-refractivity contribution is 7.19. The van der Waals surface area contributed by atoms with Gasteiger partial charge in [-0.05, 0) is 19.1 Å². The van der Waals surface area contributed by atoms with Crippen LogP contribution in [0.25, 0.3) is 10.1 Å². The van der Waals surface area contributed by atoms with Crippen molar-refractivity contribution in [2.75, 3.05) is 21.3 Å². The Kier molecular flexibility index (Phi) is 5.32. The van der Waals surface area contributed by atoms with Gasteiger partial charge in [0.1, 0.15) is 11.3 Å². The number of carbonyl (C=O) groups excluding carboxylic acids is 1. The van der Waals surface area contributed by atoms with E-state index in [4.69, 9.17) is 18.9 Å².